The number of piperidine rings is 1. The minimum atomic E-state index is -0.218. The molecule has 0 bridgehead atoms. The Labute approximate surface area is 121 Å². The lowest BCUT2D eigenvalue weighted by Gasteiger charge is -2.33. The number of likely N-dealkylation sites (N-methyl/N-ethyl adjacent to an activating group) is 1. The molecule has 112 valence electrons. The normalized spacial score (nSPS) is 21.7. The molecule has 20 heavy (non-hydrogen) atoms. The van der Waals surface area contributed by atoms with E-state index in [1.807, 2.05) is 0 Å². The van der Waals surface area contributed by atoms with Crippen LogP contribution in [-0.4, -0.2) is 38.2 Å². The van der Waals surface area contributed by atoms with Gasteiger partial charge in [0.05, 0.1) is 7.11 Å². The molecule has 1 aromatic carbocycles. The fourth-order valence-corrected chi connectivity index (χ4v) is 2.87. The fraction of sp³-hybridized carbons (Fsp3) is 0.625. The summed E-state index contributed by atoms with van der Waals surface area (Å²) in [5.41, 5.74) is 0.881. The van der Waals surface area contributed by atoms with Crippen LogP contribution in [0.1, 0.15) is 37.8 Å². The van der Waals surface area contributed by atoms with Crippen LogP contribution in [0, 0.1) is 5.82 Å². The Balaban J connectivity index is 1.97. The van der Waals surface area contributed by atoms with Gasteiger partial charge in [0.25, 0.3) is 0 Å². The third-order valence-electron chi connectivity index (χ3n) is 4.24. The number of benzene rings is 1. The molecule has 1 aliphatic heterocycles. The molecule has 1 N–H and O–H groups in total. The summed E-state index contributed by atoms with van der Waals surface area (Å²) < 4.78 is 18.7. The number of halogens is 1. The summed E-state index contributed by atoms with van der Waals surface area (Å²) in [6, 6.07) is 5.34. The van der Waals surface area contributed by atoms with Crippen molar-refractivity contribution in [1.29, 1.82) is 0 Å². The monoisotopic (exact) mass is 280 g/mol. The molecule has 1 aromatic rings. The highest BCUT2D eigenvalue weighted by molar-refractivity contribution is 5.36. The van der Waals surface area contributed by atoms with E-state index in [2.05, 4.69) is 24.2 Å². The van der Waals surface area contributed by atoms with Crippen molar-refractivity contribution in [2.45, 2.75) is 38.3 Å². The van der Waals surface area contributed by atoms with E-state index < -0.39 is 0 Å². The summed E-state index contributed by atoms with van der Waals surface area (Å²) in [5, 5.41) is 3.51. The summed E-state index contributed by atoms with van der Waals surface area (Å²) in [6.07, 6.45) is 3.82. The largest absolute Gasteiger partial charge is 0.496 e. The van der Waals surface area contributed by atoms with E-state index >= 15 is 0 Å². The van der Waals surface area contributed by atoms with Crippen molar-refractivity contribution in [3.05, 3.63) is 29.6 Å². The average molecular weight is 280 g/mol. The van der Waals surface area contributed by atoms with Crippen molar-refractivity contribution >= 4 is 0 Å². The Bertz CT molecular complexity index is 438. The lowest BCUT2D eigenvalue weighted by Crippen LogP contribution is -2.43. The van der Waals surface area contributed by atoms with Crippen LogP contribution in [0.5, 0.6) is 5.75 Å². The Morgan fingerprint density at radius 2 is 2.25 bits per heavy atom. The number of methoxy groups -OCH3 is 1. The molecule has 1 heterocycles. The highest BCUT2D eigenvalue weighted by Crippen LogP contribution is 2.26. The molecule has 4 heteroatoms. The molecule has 1 fully saturated rings. The summed E-state index contributed by atoms with van der Waals surface area (Å²) in [7, 11) is 3.80. The maximum absolute atomic E-state index is 13.4. The van der Waals surface area contributed by atoms with Gasteiger partial charge in [-0.25, -0.2) is 4.39 Å². The van der Waals surface area contributed by atoms with Crippen LogP contribution in [0.2, 0.25) is 0 Å². The molecule has 0 saturated carbocycles. The number of rotatable bonds is 5. The predicted molar refractivity (Wildman–Crippen MR) is 79.6 cm³/mol. The molecule has 1 aliphatic rings. The molecule has 0 spiro atoms. The zero-order chi connectivity index (χ0) is 14.5. The topological polar surface area (TPSA) is 24.5 Å². The van der Waals surface area contributed by atoms with Crippen LogP contribution in [0.15, 0.2) is 18.2 Å². The molecular weight excluding hydrogens is 255 g/mol. The van der Waals surface area contributed by atoms with Gasteiger partial charge in [-0.05, 0) is 51.6 Å². The van der Waals surface area contributed by atoms with E-state index in [-0.39, 0.29) is 11.9 Å². The lowest BCUT2D eigenvalue weighted by molar-refractivity contribution is 0.178. The van der Waals surface area contributed by atoms with Gasteiger partial charge in [-0.15, -0.1) is 0 Å². The minimum Gasteiger partial charge on any atom is -0.496 e. The first-order valence-corrected chi connectivity index (χ1v) is 7.39. The first-order valence-electron chi connectivity index (χ1n) is 7.39. The van der Waals surface area contributed by atoms with E-state index in [4.69, 9.17) is 4.74 Å². The van der Waals surface area contributed by atoms with Crippen LogP contribution in [0.4, 0.5) is 4.39 Å². The third-order valence-corrected chi connectivity index (χ3v) is 4.24. The fourth-order valence-electron chi connectivity index (χ4n) is 2.87. The van der Waals surface area contributed by atoms with Gasteiger partial charge in [0.2, 0.25) is 0 Å². The van der Waals surface area contributed by atoms with Crippen LogP contribution in [0.25, 0.3) is 0 Å². The van der Waals surface area contributed by atoms with Crippen LogP contribution < -0.4 is 10.1 Å². The SMILES string of the molecule is COc1ccc(F)cc1C(C)NCC1CCCCN1C. The third kappa shape index (κ3) is 3.70. The van der Waals surface area contributed by atoms with Gasteiger partial charge in [0, 0.05) is 24.2 Å². The Morgan fingerprint density at radius 3 is 2.95 bits per heavy atom. The van der Waals surface area contributed by atoms with E-state index in [0.717, 1.165) is 17.9 Å². The molecule has 0 aliphatic carbocycles. The van der Waals surface area contributed by atoms with Crippen molar-refractivity contribution in [3.63, 3.8) is 0 Å². The van der Waals surface area contributed by atoms with Crippen molar-refractivity contribution in [1.82, 2.24) is 10.2 Å². The van der Waals surface area contributed by atoms with E-state index in [0.29, 0.717) is 6.04 Å². The first-order chi connectivity index (χ1) is 9.61. The molecular formula is C16H25FN2O. The highest BCUT2D eigenvalue weighted by atomic mass is 19.1. The highest BCUT2D eigenvalue weighted by Gasteiger charge is 2.20. The van der Waals surface area contributed by atoms with Gasteiger partial charge < -0.3 is 15.0 Å². The zero-order valence-electron chi connectivity index (χ0n) is 12.7. The Hall–Kier alpha value is -1.13. The molecule has 2 rings (SSSR count). The molecule has 0 aromatic heterocycles. The Kier molecular flexibility index (Phi) is 5.38. The summed E-state index contributed by atoms with van der Waals surface area (Å²) in [6.45, 7) is 4.15. The molecule has 0 amide bonds. The zero-order valence-corrected chi connectivity index (χ0v) is 12.7. The number of likely N-dealkylation sites (tertiary alicyclic amines) is 1. The molecule has 2 atom stereocenters. The molecule has 1 saturated heterocycles. The quantitative estimate of drug-likeness (QED) is 0.897. The van der Waals surface area contributed by atoms with Crippen LogP contribution in [-0.2, 0) is 0 Å². The van der Waals surface area contributed by atoms with Crippen molar-refractivity contribution < 1.29 is 9.13 Å². The first kappa shape index (κ1) is 15.3. The van der Waals surface area contributed by atoms with E-state index in [1.54, 1.807) is 19.2 Å². The smallest absolute Gasteiger partial charge is 0.123 e. The number of nitrogens with zero attached hydrogens (tertiary/aromatic N) is 1. The van der Waals surface area contributed by atoms with Gasteiger partial charge >= 0.3 is 0 Å². The van der Waals surface area contributed by atoms with Gasteiger partial charge in [-0.2, -0.15) is 0 Å². The van der Waals surface area contributed by atoms with Crippen molar-refractivity contribution in [2.24, 2.45) is 0 Å². The molecule has 0 radical (unpaired) electrons. The van der Waals surface area contributed by atoms with Gasteiger partial charge in [-0.1, -0.05) is 6.42 Å². The standard InChI is InChI=1S/C16H25FN2O/c1-12(15-10-13(17)7-8-16(15)20-3)18-11-14-6-4-5-9-19(14)2/h7-8,10,12,14,18H,4-6,9,11H2,1-3H3. The number of nitrogens with one attached hydrogen (secondary N) is 1. The second-order valence-electron chi connectivity index (χ2n) is 5.65. The molecule has 2 unspecified atom stereocenters. The van der Waals surface area contributed by atoms with Crippen LogP contribution in [0.3, 0.4) is 0 Å². The number of hydrogen-bond donors (Lipinski definition) is 1. The van der Waals surface area contributed by atoms with Crippen molar-refractivity contribution in [2.75, 3.05) is 27.2 Å². The summed E-state index contributed by atoms with van der Waals surface area (Å²) in [4.78, 5) is 2.41. The van der Waals surface area contributed by atoms with E-state index in [9.17, 15) is 4.39 Å². The minimum absolute atomic E-state index is 0.0796. The van der Waals surface area contributed by atoms with Gasteiger partial charge in [0.1, 0.15) is 11.6 Å². The average Bonchev–Trinajstić information content (AvgIpc) is 2.46. The van der Waals surface area contributed by atoms with E-state index in [1.165, 1.54) is 31.9 Å². The summed E-state index contributed by atoms with van der Waals surface area (Å²) >= 11 is 0. The number of ether oxygens (including phenoxy) is 1. The lowest BCUT2D eigenvalue weighted by atomic mass is 10.0. The Morgan fingerprint density at radius 1 is 1.45 bits per heavy atom. The molecule has 3 nitrogen and oxygen atoms in total. The van der Waals surface area contributed by atoms with Gasteiger partial charge in [-0.3, -0.25) is 0 Å². The maximum atomic E-state index is 13.4. The van der Waals surface area contributed by atoms with Gasteiger partial charge in [0.15, 0.2) is 0 Å². The van der Waals surface area contributed by atoms with Crippen molar-refractivity contribution in [3.8, 4) is 5.75 Å². The second-order valence-corrected chi connectivity index (χ2v) is 5.65. The summed E-state index contributed by atoms with van der Waals surface area (Å²) in [5.74, 6) is 0.521. The maximum Gasteiger partial charge on any atom is 0.123 e. The predicted octanol–water partition coefficient (Wildman–Crippen LogP) is 2.97. The number of hydrogen-bond acceptors (Lipinski definition) is 3. The van der Waals surface area contributed by atoms with Crippen LogP contribution >= 0.6 is 0 Å². The second kappa shape index (κ2) is 7.04.